The Balaban J connectivity index is 1.69. The molecule has 1 fully saturated rings. The first kappa shape index (κ1) is 17.0. The van der Waals surface area contributed by atoms with Crippen LogP contribution in [0.25, 0.3) is 11.3 Å². The average Bonchev–Trinajstić information content (AvgIpc) is 3.04. The zero-order valence-corrected chi connectivity index (χ0v) is 14.6. The molecule has 0 spiro atoms. The van der Waals surface area contributed by atoms with E-state index >= 15 is 0 Å². The first-order chi connectivity index (χ1) is 11.7. The number of ether oxygens (including phenoxy) is 1. The van der Waals surface area contributed by atoms with Crippen LogP contribution in [0.5, 0.6) is 0 Å². The van der Waals surface area contributed by atoms with Crippen molar-refractivity contribution in [1.29, 1.82) is 0 Å². The normalized spacial score (nSPS) is 18.5. The molecule has 0 amide bonds. The fourth-order valence-corrected chi connectivity index (χ4v) is 3.32. The molecule has 5 nitrogen and oxygen atoms in total. The maximum Gasteiger partial charge on any atom is 0.310 e. The highest BCUT2D eigenvalue weighted by molar-refractivity contribution is 6.30. The van der Waals surface area contributed by atoms with Gasteiger partial charge in [-0.25, -0.2) is 0 Å². The second-order valence-corrected chi connectivity index (χ2v) is 6.54. The summed E-state index contributed by atoms with van der Waals surface area (Å²) in [5, 5.41) is 7.98. The van der Waals surface area contributed by atoms with Gasteiger partial charge in [0.05, 0.1) is 24.4 Å². The van der Waals surface area contributed by atoms with Crippen LogP contribution in [0, 0.1) is 5.92 Å². The van der Waals surface area contributed by atoms with Gasteiger partial charge in [0.25, 0.3) is 0 Å². The van der Waals surface area contributed by atoms with Crippen LogP contribution in [-0.4, -0.2) is 40.8 Å². The van der Waals surface area contributed by atoms with Crippen LogP contribution in [0.3, 0.4) is 0 Å². The molecule has 24 heavy (non-hydrogen) atoms. The van der Waals surface area contributed by atoms with Crippen molar-refractivity contribution in [2.75, 3.05) is 19.7 Å². The van der Waals surface area contributed by atoms with Crippen LogP contribution < -0.4 is 0 Å². The number of nitrogens with one attached hydrogen (secondary N) is 1. The van der Waals surface area contributed by atoms with Crippen LogP contribution in [0.1, 0.15) is 25.3 Å². The van der Waals surface area contributed by atoms with Crippen molar-refractivity contribution in [2.24, 2.45) is 5.92 Å². The van der Waals surface area contributed by atoms with E-state index in [1.54, 1.807) is 0 Å². The molecule has 1 aromatic heterocycles. The van der Waals surface area contributed by atoms with Crippen molar-refractivity contribution in [3.05, 3.63) is 41.0 Å². The lowest BCUT2D eigenvalue weighted by Crippen LogP contribution is -2.38. The number of aromatic amines is 1. The molecule has 2 heterocycles. The number of rotatable bonds is 5. The number of benzene rings is 1. The molecule has 1 atom stereocenters. The smallest absolute Gasteiger partial charge is 0.310 e. The zero-order valence-electron chi connectivity index (χ0n) is 13.8. The molecule has 1 aromatic carbocycles. The monoisotopic (exact) mass is 347 g/mol. The summed E-state index contributed by atoms with van der Waals surface area (Å²) in [5.41, 5.74) is 3.19. The number of hydrogen-bond donors (Lipinski definition) is 1. The summed E-state index contributed by atoms with van der Waals surface area (Å²) in [7, 11) is 0. The van der Waals surface area contributed by atoms with E-state index in [9.17, 15) is 4.79 Å². The minimum atomic E-state index is -0.0766. The largest absolute Gasteiger partial charge is 0.466 e. The van der Waals surface area contributed by atoms with E-state index in [-0.39, 0.29) is 11.9 Å². The topological polar surface area (TPSA) is 58.2 Å². The Morgan fingerprint density at radius 1 is 1.42 bits per heavy atom. The molecule has 0 radical (unpaired) electrons. The van der Waals surface area contributed by atoms with Crippen molar-refractivity contribution in [3.8, 4) is 11.3 Å². The minimum Gasteiger partial charge on any atom is -0.466 e. The first-order valence-corrected chi connectivity index (χ1v) is 8.72. The number of esters is 1. The number of hydrogen-bond acceptors (Lipinski definition) is 4. The summed E-state index contributed by atoms with van der Waals surface area (Å²) in [4.78, 5) is 14.3. The molecular weight excluding hydrogens is 326 g/mol. The van der Waals surface area contributed by atoms with Gasteiger partial charge >= 0.3 is 5.97 Å². The van der Waals surface area contributed by atoms with Gasteiger partial charge in [-0.15, -0.1) is 0 Å². The standard InChI is InChI=1S/C18H22ClN3O2/c1-2-24-18(23)14-4-3-9-22(11-14)12-15-10-20-21-17(15)13-5-7-16(19)8-6-13/h5-8,10,14H,2-4,9,11-12H2,1H3,(H,20,21)/t14-/m0/s1. The van der Waals surface area contributed by atoms with Crippen LogP contribution in [0.15, 0.2) is 30.5 Å². The molecule has 0 saturated carbocycles. The predicted octanol–water partition coefficient (Wildman–Crippen LogP) is 3.51. The third-order valence-electron chi connectivity index (χ3n) is 4.37. The molecular formula is C18H22ClN3O2. The molecule has 3 rings (SSSR count). The number of H-pyrrole nitrogens is 1. The molecule has 2 aromatic rings. The first-order valence-electron chi connectivity index (χ1n) is 8.34. The lowest BCUT2D eigenvalue weighted by atomic mass is 9.97. The Morgan fingerprint density at radius 3 is 2.96 bits per heavy atom. The Bertz CT molecular complexity index is 684. The van der Waals surface area contributed by atoms with Gasteiger partial charge in [0.1, 0.15) is 0 Å². The van der Waals surface area contributed by atoms with E-state index in [1.807, 2.05) is 37.4 Å². The van der Waals surface area contributed by atoms with E-state index in [1.165, 1.54) is 0 Å². The number of halogens is 1. The molecule has 1 aliphatic heterocycles. The lowest BCUT2D eigenvalue weighted by Gasteiger charge is -2.31. The zero-order chi connectivity index (χ0) is 16.9. The number of nitrogens with zero attached hydrogens (tertiary/aromatic N) is 2. The van der Waals surface area contributed by atoms with Crippen molar-refractivity contribution in [1.82, 2.24) is 15.1 Å². The Hall–Kier alpha value is -1.85. The summed E-state index contributed by atoms with van der Waals surface area (Å²) < 4.78 is 5.17. The van der Waals surface area contributed by atoms with Crippen molar-refractivity contribution in [3.63, 3.8) is 0 Å². The van der Waals surface area contributed by atoms with Gasteiger partial charge in [-0.2, -0.15) is 5.10 Å². The molecule has 1 saturated heterocycles. The number of likely N-dealkylation sites (tertiary alicyclic amines) is 1. The SMILES string of the molecule is CCOC(=O)[C@H]1CCCN(Cc2cn[nH]c2-c2ccc(Cl)cc2)C1. The second-order valence-electron chi connectivity index (χ2n) is 6.10. The van der Waals surface area contributed by atoms with Crippen molar-refractivity contribution < 1.29 is 9.53 Å². The fraction of sp³-hybridized carbons (Fsp3) is 0.444. The van der Waals surface area contributed by atoms with Crippen LogP contribution >= 0.6 is 11.6 Å². The molecule has 1 aliphatic rings. The van der Waals surface area contributed by atoms with Gasteiger partial charge in [0.15, 0.2) is 0 Å². The maximum absolute atomic E-state index is 12.0. The van der Waals surface area contributed by atoms with E-state index < -0.39 is 0 Å². The third-order valence-corrected chi connectivity index (χ3v) is 4.62. The number of piperidine rings is 1. The third kappa shape index (κ3) is 3.97. The molecule has 128 valence electrons. The number of carbonyl (C=O) groups is 1. The highest BCUT2D eigenvalue weighted by atomic mass is 35.5. The van der Waals surface area contributed by atoms with Gasteiger partial charge in [0, 0.05) is 23.7 Å². The summed E-state index contributed by atoms with van der Waals surface area (Å²) in [5.74, 6) is -0.100. The Kier molecular flexibility index (Phi) is 5.53. The van der Waals surface area contributed by atoms with E-state index in [0.717, 1.165) is 49.3 Å². The average molecular weight is 348 g/mol. The summed E-state index contributed by atoms with van der Waals surface area (Å²) in [6, 6.07) is 7.71. The number of aromatic nitrogens is 2. The van der Waals surface area contributed by atoms with Gasteiger partial charge in [0.2, 0.25) is 0 Å². The molecule has 1 N–H and O–H groups in total. The van der Waals surface area contributed by atoms with E-state index in [4.69, 9.17) is 16.3 Å². The van der Waals surface area contributed by atoms with Gasteiger partial charge in [-0.1, -0.05) is 23.7 Å². The molecule has 6 heteroatoms. The van der Waals surface area contributed by atoms with Crippen LogP contribution in [0.2, 0.25) is 5.02 Å². The predicted molar refractivity (Wildman–Crippen MR) is 93.7 cm³/mol. The second kappa shape index (κ2) is 7.81. The van der Waals surface area contributed by atoms with E-state index in [0.29, 0.717) is 11.6 Å². The van der Waals surface area contributed by atoms with Gasteiger partial charge < -0.3 is 4.74 Å². The van der Waals surface area contributed by atoms with Gasteiger partial charge in [-0.3, -0.25) is 14.8 Å². The molecule has 0 unspecified atom stereocenters. The highest BCUT2D eigenvalue weighted by Gasteiger charge is 2.27. The quantitative estimate of drug-likeness (QED) is 0.841. The van der Waals surface area contributed by atoms with Crippen LogP contribution in [-0.2, 0) is 16.1 Å². The fourth-order valence-electron chi connectivity index (χ4n) is 3.19. The summed E-state index contributed by atoms with van der Waals surface area (Å²) in [6.45, 7) is 4.79. The van der Waals surface area contributed by atoms with Crippen molar-refractivity contribution >= 4 is 17.6 Å². The van der Waals surface area contributed by atoms with E-state index in [2.05, 4.69) is 15.1 Å². The minimum absolute atomic E-state index is 0.0235. The molecule has 0 aliphatic carbocycles. The maximum atomic E-state index is 12.0. The number of carbonyl (C=O) groups excluding carboxylic acids is 1. The van der Waals surface area contributed by atoms with Gasteiger partial charge in [-0.05, 0) is 44.0 Å². The Labute approximate surface area is 147 Å². The van der Waals surface area contributed by atoms with Crippen LogP contribution in [0.4, 0.5) is 0 Å². The summed E-state index contributed by atoms with van der Waals surface area (Å²) in [6.07, 6.45) is 3.78. The lowest BCUT2D eigenvalue weighted by molar-refractivity contribution is -0.150. The molecule has 0 bridgehead atoms. The van der Waals surface area contributed by atoms with Crippen molar-refractivity contribution in [2.45, 2.75) is 26.3 Å². The Morgan fingerprint density at radius 2 is 2.21 bits per heavy atom. The highest BCUT2D eigenvalue weighted by Crippen LogP contribution is 2.26. The summed E-state index contributed by atoms with van der Waals surface area (Å²) >= 11 is 5.96.